The van der Waals surface area contributed by atoms with Crippen LogP contribution in [0.15, 0.2) is 53.5 Å². The highest BCUT2D eigenvalue weighted by Gasteiger charge is 2.19. The van der Waals surface area contributed by atoms with Crippen molar-refractivity contribution in [3.63, 3.8) is 0 Å². The van der Waals surface area contributed by atoms with Crippen LogP contribution in [0, 0.1) is 13.8 Å². The van der Waals surface area contributed by atoms with Gasteiger partial charge in [-0.1, -0.05) is 24.3 Å². The Labute approximate surface area is 163 Å². The van der Waals surface area contributed by atoms with Crippen molar-refractivity contribution in [3.05, 3.63) is 70.3 Å². The second-order valence-corrected chi connectivity index (χ2v) is 6.58. The molecule has 3 aromatic rings. The molecule has 3 rings (SSSR count). The van der Waals surface area contributed by atoms with Crippen LogP contribution in [-0.4, -0.2) is 27.8 Å². The lowest BCUT2D eigenvalue weighted by Gasteiger charge is -2.15. The topological polar surface area (TPSA) is 86.1 Å². The third kappa shape index (κ3) is 4.09. The van der Waals surface area contributed by atoms with Crippen LogP contribution in [0.25, 0.3) is 11.3 Å². The number of hydrogen-bond donors (Lipinski definition) is 1. The zero-order valence-electron chi connectivity index (χ0n) is 16.3. The highest BCUT2D eigenvalue weighted by Crippen LogP contribution is 2.21. The number of amides is 1. The molecule has 0 fully saturated rings. The molecule has 0 saturated carbocycles. The molecule has 0 unspecified atom stereocenters. The summed E-state index contributed by atoms with van der Waals surface area (Å²) in [4.78, 5) is 29.1. The normalized spacial score (nSPS) is 11.7. The van der Waals surface area contributed by atoms with E-state index in [1.165, 1.54) is 6.20 Å². The van der Waals surface area contributed by atoms with Gasteiger partial charge >= 0.3 is 5.69 Å². The van der Waals surface area contributed by atoms with Crippen molar-refractivity contribution < 1.29 is 9.53 Å². The Hall–Kier alpha value is -3.48. The number of rotatable bonds is 5. The molecule has 0 aliphatic carbocycles. The fourth-order valence-electron chi connectivity index (χ4n) is 2.76. The molecule has 1 heterocycles. The second kappa shape index (κ2) is 8.04. The molecule has 144 valence electrons. The van der Waals surface area contributed by atoms with Crippen molar-refractivity contribution in [1.82, 2.24) is 14.8 Å². The molecular weight excluding hydrogens is 356 g/mol. The smallest absolute Gasteiger partial charge is 0.365 e. The molecule has 1 N–H and O–H groups in total. The molecule has 7 nitrogen and oxygen atoms in total. The van der Waals surface area contributed by atoms with Crippen LogP contribution in [0.5, 0.6) is 5.75 Å². The zero-order chi connectivity index (χ0) is 20.3. The number of nitrogens with zero attached hydrogens (tertiary/aromatic N) is 3. The van der Waals surface area contributed by atoms with E-state index < -0.39 is 11.7 Å². The number of nitrogens with one attached hydrogen (secondary N) is 1. The lowest BCUT2D eigenvalue weighted by atomic mass is 10.1. The van der Waals surface area contributed by atoms with Gasteiger partial charge in [0.15, 0.2) is 0 Å². The Morgan fingerprint density at radius 1 is 1.18 bits per heavy atom. The molecule has 0 aliphatic rings. The second-order valence-electron chi connectivity index (χ2n) is 6.58. The third-order valence-corrected chi connectivity index (χ3v) is 4.48. The van der Waals surface area contributed by atoms with Crippen molar-refractivity contribution in [3.8, 4) is 17.0 Å². The summed E-state index contributed by atoms with van der Waals surface area (Å²) in [5.74, 6) is 0.323. The molecule has 1 amide bonds. The van der Waals surface area contributed by atoms with Gasteiger partial charge in [0.25, 0.3) is 0 Å². The standard InChI is InChI=1S/C21H22N4O3/c1-13-8-9-14(2)18(10-13)23-20(26)15(3)25-21(27)24-19(12-22-25)16-6-5-7-17(11-16)28-4/h5-12,15H,1-4H3,(H,23,26)/t15-/m0/s1. The third-order valence-electron chi connectivity index (χ3n) is 4.48. The zero-order valence-corrected chi connectivity index (χ0v) is 16.3. The first-order valence-electron chi connectivity index (χ1n) is 8.87. The molecule has 2 aromatic carbocycles. The first-order chi connectivity index (χ1) is 13.4. The van der Waals surface area contributed by atoms with E-state index in [0.717, 1.165) is 15.8 Å². The quantitative estimate of drug-likeness (QED) is 0.737. The predicted octanol–water partition coefficient (Wildman–Crippen LogP) is 3.13. The van der Waals surface area contributed by atoms with Crippen molar-refractivity contribution >= 4 is 11.6 Å². The SMILES string of the molecule is COc1cccc(-c2cnn([C@@H](C)C(=O)Nc3cc(C)ccc3C)c(=O)n2)c1. The van der Waals surface area contributed by atoms with E-state index in [1.807, 2.05) is 44.2 Å². The molecule has 0 aliphatic heterocycles. The molecule has 1 atom stereocenters. The number of aryl methyl sites for hydroxylation is 2. The van der Waals surface area contributed by atoms with Crippen LogP contribution in [-0.2, 0) is 4.79 Å². The van der Waals surface area contributed by atoms with Gasteiger partial charge in [-0.3, -0.25) is 4.79 Å². The van der Waals surface area contributed by atoms with E-state index in [4.69, 9.17) is 4.74 Å². The van der Waals surface area contributed by atoms with E-state index in [0.29, 0.717) is 22.7 Å². The van der Waals surface area contributed by atoms with Crippen molar-refractivity contribution in [2.75, 3.05) is 12.4 Å². The molecule has 0 radical (unpaired) electrons. The summed E-state index contributed by atoms with van der Waals surface area (Å²) in [6.07, 6.45) is 1.47. The maximum absolute atomic E-state index is 12.6. The molecule has 0 spiro atoms. The first-order valence-corrected chi connectivity index (χ1v) is 8.87. The number of aromatic nitrogens is 3. The summed E-state index contributed by atoms with van der Waals surface area (Å²) in [6, 6.07) is 12.2. The van der Waals surface area contributed by atoms with Crippen LogP contribution in [0.3, 0.4) is 0 Å². The van der Waals surface area contributed by atoms with Gasteiger partial charge in [-0.05, 0) is 50.1 Å². The fourth-order valence-corrected chi connectivity index (χ4v) is 2.76. The minimum Gasteiger partial charge on any atom is -0.497 e. The molecule has 7 heteroatoms. The van der Waals surface area contributed by atoms with Crippen LogP contribution < -0.4 is 15.7 Å². The first kappa shape index (κ1) is 19.3. The van der Waals surface area contributed by atoms with Crippen LogP contribution >= 0.6 is 0 Å². The van der Waals surface area contributed by atoms with Gasteiger partial charge in [-0.2, -0.15) is 10.1 Å². The highest BCUT2D eigenvalue weighted by molar-refractivity contribution is 5.94. The Balaban J connectivity index is 1.84. The summed E-state index contributed by atoms with van der Waals surface area (Å²) in [6.45, 7) is 5.47. The summed E-state index contributed by atoms with van der Waals surface area (Å²) < 4.78 is 6.26. The van der Waals surface area contributed by atoms with Crippen LogP contribution in [0.2, 0.25) is 0 Å². The molecule has 28 heavy (non-hydrogen) atoms. The average Bonchev–Trinajstić information content (AvgIpc) is 2.70. The van der Waals surface area contributed by atoms with E-state index in [2.05, 4.69) is 15.4 Å². The molecule has 1 aromatic heterocycles. The van der Waals surface area contributed by atoms with Gasteiger partial charge < -0.3 is 10.1 Å². The summed E-state index contributed by atoms with van der Waals surface area (Å²) >= 11 is 0. The lowest BCUT2D eigenvalue weighted by Crippen LogP contribution is -2.35. The van der Waals surface area contributed by atoms with Gasteiger partial charge in [0, 0.05) is 11.3 Å². The molecule has 0 saturated heterocycles. The van der Waals surface area contributed by atoms with Gasteiger partial charge in [-0.25, -0.2) is 9.48 Å². The van der Waals surface area contributed by atoms with Crippen molar-refractivity contribution in [2.45, 2.75) is 26.8 Å². The van der Waals surface area contributed by atoms with E-state index >= 15 is 0 Å². The fraction of sp³-hybridized carbons (Fsp3) is 0.238. The maximum Gasteiger partial charge on any atom is 0.365 e. The number of hydrogen-bond acceptors (Lipinski definition) is 5. The molecule has 0 bridgehead atoms. The minimum atomic E-state index is -0.806. The van der Waals surface area contributed by atoms with E-state index in [-0.39, 0.29) is 5.91 Å². The van der Waals surface area contributed by atoms with Crippen LogP contribution in [0.4, 0.5) is 5.69 Å². The average molecular weight is 378 g/mol. The Bertz CT molecular complexity index is 1080. The van der Waals surface area contributed by atoms with Gasteiger partial charge in [0.05, 0.1) is 19.0 Å². The van der Waals surface area contributed by atoms with Crippen molar-refractivity contribution in [2.24, 2.45) is 0 Å². The van der Waals surface area contributed by atoms with E-state index in [1.54, 1.807) is 26.2 Å². The largest absolute Gasteiger partial charge is 0.497 e. The Kier molecular flexibility index (Phi) is 5.54. The summed E-state index contributed by atoms with van der Waals surface area (Å²) in [5.41, 5.74) is 3.23. The maximum atomic E-state index is 12.6. The Morgan fingerprint density at radius 3 is 2.68 bits per heavy atom. The number of ether oxygens (including phenoxy) is 1. The Morgan fingerprint density at radius 2 is 1.96 bits per heavy atom. The van der Waals surface area contributed by atoms with Gasteiger partial charge in [-0.15, -0.1) is 0 Å². The van der Waals surface area contributed by atoms with Crippen LogP contribution in [0.1, 0.15) is 24.1 Å². The summed E-state index contributed by atoms with van der Waals surface area (Å²) in [7, 11) is 1.57. The number of carbonyl (C=O) groups is 1. The number of carbonyl (C=O) groups excluding carboxylic acids is 1. The number of methoxy groups -OCH3 is 1. The minimum absolute atomic E-state index is 0.334. The number of anilines is 1. The van der Waals surface area contributed by atoms with Gasteiger partial charge in [0.1, 0.15) is 11.8 Å². The van der Waals surface area contributed by atoms with Gasteiger partial charge in [0.2, 0.25) is 5.91 Å². The molecular formula is C21H22N4O3. The van der Waals surface area contributed by atoms with E-state index in [9.17, 15) is 9.59 Å². The highest BCUT2D eigenvalue weighted by atomic mass is 16.5. The summed E-state index contributed by atoms with van der Waals surface area (Å²) in [5, 5.41) is 7.01. The number of benzene rings is 2. The van der Waals surface area contributed by atoms with Crippen molar-refractivity contribution in [1.29, 1.82) is 0 Å². The predicted molar refractivity (Wildman–Crippen MR) is 108 cm³/mol. The lowest BCUT2D eigenvalue weighted by molar-refractivity contribution is -0.119. The monoisotopic (exact) mass is 378 g/mol.